The molecule has 0 atom stereocenters. The van der Waals surface area contributed by atoms with Gasteiger partial charge in [0.25, 0.3) is 0 Å². The van der Waals surface area contributed by atoms with Gasteiger partial charge in [-0.2, -0.15) is 0 Å². The summed E-state index contributed by atoms with van der Waals surface area (Å²) in [5, 5.41) is 4.11. The molecule has 0 bridgehead atoms. The number of hydrogen-bond donors (Lipinski definition) is 1. The summed E-state index contributed by atoms with van der Waals surface area (Å²) >= 11 is 6.37. The summed E-state index contributed by atoms with van der Waals surface area (Å²) in [5.74, 6) is 0.946. The molecule has 0 spiro atoms. The molecule has 2 aromatic heterocycles. The number of hydrogen-bond acceptors (Lipinski definition) is 4. The van der Waals surface area contributed by atoms with Gasteiger partial charge in [-0.25, -0.2) is 4.98 Å². The molecule has 0 fully saturated rings. The largest absolute Gasteiger partial charge is 0.458 e. The molecular formula is C21H18ClN3O3. The van der Waals surface area contributed by atoms with Crippen molar-refractivity contribution in [3.8, 4) is 0 Å². The van der Waals surface area contributed by atoms with Crippen molar-refractivity contribution in [2.24, 2.45) is 0 Å². The predicted octanol–water partition coefficient (Wildman–Crippen LogP) is 4.04. The van der Waals surface area contributed by atoms with Crippen molar-refractivity contribution in [3.63, 3.8) is 0 Å². The summed E-state index contributed by atoms with van der Waals surface area (Å²) in [6, 6.07) is 9.43. The second kappa shape index (κ2) is 7.48. The second-order valence-corrected chi connectivity index (χ2v) is 7.07. The Morgan fingerprint density at radius 2 is 2.18 bits per heavy atom. The van der Waals surface area contributed by atoms with E-state index in [1.54, 1.807) is 19.3 Å². The average molecular weight is 396 g/mol. The van der Waals surface area contributed by atoms with E-state index in [1.165, 1.54) is 11.0 Å². The summed E-state index contributed by atoms with van der Waals surface area (Å²) in [4.78, 5) is 29.6. The standard InChI is InChI=1S/C21H18ClN3O3/c1-25(12-17-20(22)15-4-2-3-5-16(15)28-17)19(27)9-6-13-10-14-7-8-18(26)24-21(14)23-11-13/h2-6,9-11H,7-8,12H2,1H3,(H,23,24,26). The van der Waals surface area contributed by atoms with Crippen LogP contribution >= 0.6 is 11.6 Å². The summed E-state index contributed by atoms with van der Waals surface area (Å²) in [7, 11) is 1.69. The lowest BCUT2D eigenvalue weighted by Crippen LogP contribution is -2.24. The number of halogens is 1. The summed E-state index contributed by atoms with van der Waals surface area (Å²) in [6.07, 6.45) is 5.92. The number of aromatic nitrogens is 1. The van der Waals surface area contributed by atoms with Crippen LogP contribution in [0.1, 0.15) is 23.3 Å². The van der Waals surface area contributed by atoms with Crippen LogP contribution in [0.5, 0.6) is 0 Å². The van der Waals surface area contributed by atoms with Gasteiger partial charge in [-0.1, -0.05) is 23.7 Å². The molecule has 3 heterocycles. The summed E-state index contributed by atoms with van der Waals surface area (Å²) < 4.78 is 5.76. The lowest BCUT2D eigenvalue weighted by atomic mass is 10.0. The molecule has 7 heteroatoms. The molecule has 6 nitrogen and oxygen atoms in total. The van der Waals surface area contributed by atoms with Gasteiger partial charge in [-0.3, -0.25) is 9.59 Å². The van der Waals surface area contributed by atoms with E-state index in [0.717, 1.165) is 16.5 Å². The van der Waals surface area contributed by atoms with Crippen LogP contribution in [0.2, 0.25) is 5.02 Å². The van der Waals surface area contributed by atoms with E-state index in [4.69, 9.17) is 16.0 Å². The number of carbonyl (C=O) groups is 2. The van der Waals surface area contributed by atoms with Gasteiger partial charge in [0, 0.05) is 31.1 Å². The SMILES string of the molecule is CN(Cc1oc2ccccc2c1Cl)C(=O)C=Cc1cnc2c(c1)CCC(=O)N2. The van der Waals surface area contributed by atoms with Gasteiger partial charge in [0.2, 0.25) is 11.8 Å². The highest BCUT2D eigenvalue weighted by Gasteiger charge is 2.17. The quantitative estimate of drug-likeness (QED) is 0.676. The van der Waals surface area contributed by atoms with Crippen molar-refractivity contribution in [2.75, 3.05) is 12.4 Å². The first-order valence-corrected chi connectivity index (χ1v) is 9.27. The van der Waals surface area contributed by atoms with Crippen molar-refractivity contribution in [1.29, 1.82) is 0 Å². The lowest BCUT2D eigenvalue weighted by Gasteiger charge is -2.16. The predicted molar refractivity (Wildman–Crippen MR) is 108 cm³/mol. The highest BCUT2D eigenvalue weighted by atomic mass is 35.5. The molecule has 4 rings (SSSR count). The number of nitrogens with one attached hydrogen (secondary N) is 1. The normalized spacial score (nSPS) is 13.6. The number of rotatable bonds is 4. The lowest BCUT2D eigenvalue weighted by molar-refractivity contribution is -0.125. The number of furan rings is 1. The van der Waals surface area contributed by atoms with Crippen LogP contribution in [-0.4, -0.2) is 28.7 Å². The highest BCUT2D eigenvalue weighted by Crippen LogP contribution is 2.31. The Balaban J connectivity index is 1.45. The zero-order chi connectivity index (χ0) is 19.7. The van der Waals surface area contributed by atoms with Gasteiger partial charge in [-0.05, 0) is 41.8 Å². The fourth-order valence-corrected chi connectivity index (χ4v) is 3.37. The Morgan fingerprint density at radius 3 is 3.00 bits per heavy atom. The Kier molecular flexibility index (Phi) is 4.88. The molecule has 1 aliphatic heterocycles. The van der Waals surface area contributed by atoms with Gasteiger partial charge < -0.3 is 14.6 Å². The molecule has 1 aromatic carbocycles. The van der Waals surface area contributed by atoms with Gasteiger partial charge in [0.05, 0.1) is 11.6 Å². The smallest absolute Gasteiger partial charge is 0.246 e. The number of amides is 2. The number of benzene rings is 1. The molecule has 0 aliphatic carbocycles. The van der Waals surface area contributed by atoms with Crippen molar-refractivity contribution < 1.29 is 14.0 Å². The summed E-state index contributed by atoms with van der Waals surface area (Å²) in [6.45, 7) is 0.269. The number of likely N-dealkylation sites (N-methyl/N-ethyl adjacent to an activating group) is 1. The van der Waals surface area contributed by atoms with E-state index in [9.17, 15) is 9.59 Å². The second-order valence-electron chi connectivity index (χ2n) is 6.69. The fourth-order valence-electron chi connectivity index (χ4n) is 3.12. The first-order valence-electron chi connectivity index (χ1n) is 8.89. The Hall–Kier alpha value is -3.12. The molecular weight excluding hydrogens is 378 g/mol. The van der Waals surface area contributed by atoms with Crippen LogP contribution in [0.25, 0.3) is 17.0 Å². The van der Waals surface area contributed by atoms with E-state index >= 15 is 0 Å². The topological polar surface area (TPSA) is 75.4 Å². The number of pyridine rings is 1. The number of anilines is 1. The van der Waals surface area contributed by atoms with Gasteiger partial charge >= 0.3 is 0 Å². The number of para-hydroxylation sites is 1. The zero-order valence-electron chi connectivity index (χ0n) is 15.2. The van der Waals surface area contributed by atoms with E-state index in [-0.39, 0.29) is 18.4 Å². The Morgan fingerprint density at radius 1 is 1.36 bits per heavy atom. The first-order chi connectivity index (χ1) is 13.5. The van der Waals surface area contributed by atoms with E-state index in [1.807, 2.05) is 30.3 Å². The van der Waals surface area contributed by atoms with Crippen LogP contribution in [0.15, 0.2) is 47.0 Å². The van der Waals surface area contributed by atoms with Crippen molar-refractivity contribution in [2.45, 2.75) is 19.4 Å². The minimum Gasteiger partial charge on any atom is -0.458 e. The first kappa shape index (κ1) is 18.3. The maximum absolute atomic E-state index is 12.5. The van der Waals surface area contributed by atoms with Crippen LogP contribution in [0, 0.1) is 0 Å². The average Bonchev–Trinajstić information content (AvgIpc) is 3.01. The van der Waals surface area contributed by atoms with Crippen LogP contribution < -0.4 is 5.32 Å². The molecule has 0 saturated carbocycles. The number of fused-ring (bicyclic) bond motifs is 2. The molecule has 2 amide bonds. The zero-order valence-corrected chi connectivity index (χ0v) is 16.0. The highest BCUT2D eigenvalue weighted by molar-refractivity contribution is 6.36. The maximum atomic E-state index is 12.5. The van der Waals surface area contributed by atoms with Crippen LogP contribution in [0.4, 0.5) is 5.82 Å². The molecule has 3 aromatic rings. The molecule has 142 valence electrons. The molecule has 0 saturated heterocycles. The third kappa shape index (κ3) is 3.64. The van der Waals surface area contributed by atoms with E-state index in [0.29, 0.717) is 35.0 Å². The Labute approximate surface area is 166 Å². The molecule has 1 aliphatic rings. The van der Waals surface area contributed by atoms with Crippen LogP contribution in [0.3, 0.4) is 0 Å². The monoisotopic (exact) mass is 395 g/mol. The van der Waals surface area contributed by atoms with E-state index in [2.05, 4.69) is 10.3 Å². The van der Waals surface area contributed by atoms with Crippen molar-refractivity contribution in [3.05, 3.63) is 64.5 Å². The maximum Gasteiger partial charge on any atom is 0.246 e. The fraction of sp³-hybridized carbons (Fsp3) is 0.190. The third-order valence-corrected chi connectivity index (χ3v) is 5.06. The molecule has 0 unspecified atom stereocenters. The van der Waals surface area contributed by atoms with Gasteiger partial charge in [0.15, 0.2) is 0 Å². The molecule has 1 N–H and O–H groups in total. The third-order valence-electron chi connectivity index (χ3n) is 4.64. The van der Waals surface area contributed by atoms with Crippen LogP contribution in [-0.2, 0) is 22.6 Å². The summed E-state index contributed by atoms with van der Waals surface area (Å²) in [5.41, 5.74) is 2.47. The number of nitrogens with zero attached hydrogens (tertiary/aromatic N) is 2. The van der Waals surface area contributed by atoms with Crippen molar-refractivity contribution in [1.82, 2.24) is 9.88 Å². The van der Waals surface area contributed by atoms with E-state index < -0.39 is 0 Å². The van der Waals surface area contributed by atoms with Gasteiger partial charge in [0.1, 0.15) is 17.2 Å². The minimum atomic E-state index is -0.178. The minimum absolute atomic E-state index is 0.0238. The Bertz CT molecular complexity index is 1100. The number of carbonyl (C=O) groups excluding carboxylic acids is 2. The van der Waals surface area contributed by atoms with Gasteiger partial charge in [-0.15, -0.1) is 0 Å². The number of aryl methyl sites for hydroxylation is 1. The van der Waals surface area contributed by atoms with Crippen molar-refractivity contribution >= 4 is 46.3 Å². The molecule has 0 radical (unpaired) electrons. The molecule has 28 heavy (non-hydrogen) atoms.